The summed E-state index contributed by atoms with van der Waals surface area (Å²) in [6.45, 7) is 4.26. The molecule has 3 aromatic rings. The molecule has 1 N–H and O–H groups in total. The molecule has 0 aliphatic carbocycles. The van der Waals surface area contributed by atoms with Crippen molar-refractivity contribution >= 4 is 34.7 Å². The van der Waals surface area contributed by atoms with Crippen molar-refractivity contribution in [1.29, 1.82) is 0 Å². The van der Waals surface area contributed by atoms with E-state index < -0.39 is 0 Å². The summed E-state index contributed by atoms with van der Waals surface area (Å²) in [7, 11) is 2.16. The van der Waals surface area contributed by atoms with Crippen molar-refractivity contribution in [2.24, 2.45) is 0 Å². The number of hydrogen-bond donors (Lipinski definition) is 1. The van der Waals surface area contributed by atoms with E-state index in [4.69, 9.17) is 23.2 Å². The number of hydrogen-bond acceptors (Lipinski definition) is 4. The molecule has 0 bridgehead atoms. The van der Waals surface area contributed by atoms with Crippen LogP contribution in [0, 0.1) is 0 Å². The second-order valence-corrected chi connectivity index (χ2v) is 8.51. The Hall–Kier alpha value is -2.34. The summed E-state index contributed by atoms with van der Waals surface area (Å²) in [5.41, 5.74) is 4.31. The average Bonchev–Trinajstić information content (AvgIpc) is 3.23. The van der Waals surface area contributed by atoms with Gasteiger partial charge >= 0.3 is 0 Å². The fourth-order valence-electron chi connectivity index (χ4n) is 3.73. The van der Waals surface area contributed by atoms with Crippen LogP contribution < -0.4 is 4.90 Å². The van der Waals surface area contributed by atoms with Crippen LogP contribution in [-0.2, 0) is 6.42 Å². The van der Waals surface area contributed by atoms with Gasteiger partial charge in [-0.25, -0.2) is 0 Å². The van der Waals surface area contributed by atoms with Crippen LogP contribution in [0.1, 0.15) is 22.5 Å². The Bertz CT molecular complexity index is 1020. The van der Waals surface area contributed by atoms with Crippen LogP contribution in [-0.4, -0.2) is 54.1 Å². The largest absolute Gasteiger partial charge is 0.369 e. The van der Waals surface area contributed by atoms with Gasteiger partial charge in [-0.15, -0.1) is 0 Å². The van der Waals surface area contributed by atoms with Crippen LogP contribution >= 0.6 is 23.2 Å². The molecule has 0 saturated carbocycles. The summed E-state index contributed by atoms with van der Waals surface area (Å²) >= 11 is 12.3. The normalized spacial score (nSPS) is 14.8. The highest BCUT2D eigenvalue weighted by Crippen LogP contribution is 2.32. The number of nitrogens with one attached hydrogen (secondary N) is 1. The number of piperazine rings is 1. The van der Waals surface area contributed by atoms with Gasteiger partial charge in [-0.05, 0) is 43.3 Å². The zero-order valence-corrected chi connectivity index (χ0v) is 18.4. The Balaban J connectivity index is 1.40. The maximum atomic E-state index is 12.8. The first-order chi connectivity index (χ1) is 14.5. The lowest BCUT2D eigenvalue weighted by molar-refractivity contribution is 0.0978. The smallest absolute Gasteiger partial charge is 0.181 e. The average molecular weight is 443 g/mol. The standard InChI is InChI=1S/C23H24Cl2N4O/c1-28-10-12-29(13-11-28)18-6-2-16(3-7-18)4-9-22(30)23-20(15-26-27-23)19-8-5-17(24)14-21(19)25/h2-3,5-8,14-15H,4,9-13H2,1H3,(H,26,27). The number of H-pyrrole nitrogens is 1. The summed E-state index contributed by atoms with van der Waals surface area (Å²) < 4.78 is 0. The highest BCUT2D eigenvalue weighted by Gasteiger charge is 2.18. The van der Waals surface area contributed by atoms with E-state index in [9.17, 15) is 4.79 Å². The topological polar surface area (TPSA) is 52.2 Å². The number of carbonyl (C=O) groups is 1. The summed E-state index contributed by atoms with van der Waals surface area (Å²) in [4.78, 5) is 17.6. The van der Waals surface area contributed by atoms with Gasteiger partial charge in [0.05, 0.1) is 11.2 Å². The molecule has 30 heavy (non-hydrogen) atoms. The molecule has 4 rings (SSSR count). The van der Waals surface area contributed by atoms with Gasteiger partial charge in [-0.3, -0.25) is 9.89 Å². The van der Waals surface area contributed by atoms with Crippen LogP contribution in [0.2, 0.25) is 10.0 Å². The number of ketones is 1. The molecule has 1 aliphatic rings. The minimum Gasteiger partial charge on any atom is -0.369 e. The molecule has 0 atom stereocenters. The maximum absolute atomic E-state index is 12.8. The highest BCUT2D eigenvalue weighted by molar-refractivity contribution is 6.36. The Morgan fingerprint density at radius 3 is 2.47 bits per heavy atom. The van der Waals surface area contributed by atoms with E-state index in [2.05, 4.69) is 51.3 Å². The number of halogens is 2. The number of anilines is 1. The number of Topliss-reactive ketones (excluding diaryl/α,β-unsaturated/α-hetero) is 1. The van der Waals surface area contributed by atoms with E-state index >= 15 is 0 Å². The quantitative estimate of drug-likeness (QED) is 0.548. The van der Waals surface area contributed by atoms with Crippen LogP contribution in [0.25, 0.3) is 11.1 Å². The van der Waals surface area contributed by atoms with Gasteiger partial charge in [0.15, 0.2) is 5.78 Å². The first kappa shape index (κ1) is 20.9. The lowest BCUT2D eigenvalue weighted by Crippen LogP contribution is -2.44. The Kier molecular flexibility index (Phi) is 6.42. The zero-order valence-electron chi connectivity index (χ0n) is 16.9. The summed E-state index contributed by atoms with van der Waals surface area (Å²) in [5.74, 6) is 0.0108. The molecule has 0 radical (unpaired) electrons. The van der Waals surface area contributed by atoms with E-state index in [1.165, 1.54) is 5.69 Å². The number of likely N-dealkylation sites (N-methyl/N-ethyl adjacent to an activating group) is 1. The Labute approximate surface area is 186 Å². The van der Waals surface area contributed by atoms with E-state index in [1.807, 2.05) is 6.07 Å². The van der Waals surface area contributed by atoms with E-state index in [0.29, 0.717) is 34.1 Å². The molecule has 2 heterocycles. The second-order valence-electron chi connectivity index (χ2n) is 7.66. The summed E-state index contributed by atoms with van der Waals surface area (Å²) in [5, 5.41) is 7.95. The Morgan fingerprint density at radius 1 is 1.03 bits per heavy atom. The van der Waals surface area contributed by atoms with Gasteiger partial charge in [0.25, 0.3) is 0 Å². The monoisotopic (exact) mass is 442 g/mol. The van der Waals surface area contributed by atoms with Crippen molar-refractivity contribution in [3.8, 4) is 11.1 Å². The second kappa shape index (κ2) is 9.21. The van der Waals surface area contributed by atoms with Crippen LogP contribution in [0.15, 0.2) is 48.7 Å². The molecule has 1 saturated heterocycles. The van der Waals surface area contributed by atoms with Gasteiger partial charge in [0, 0.05) is 54.4 Å². The molecular weight excluding hydrogens is 419 g/mol. The Morgan fingerprint density at radius 2 is 1.77 bits per heavy atom. The van der Waals surface area contributed by atoms with Crippen LogP contribution in [0.4, 0.5) is 5.69 Å². The van der Waals surface area contributed by atoms with Crippen molar-refractivity contribution in [3.63, 3.8) is 0 Å². The molecule has 0 amide bonds. The van der Waals surface area contributed by atoms with Crippen molar-refractivity contribution in [3.05, 3.63) is 70.0 Å². The first-order valence-electron chi connectivity index (χ1n) is 10.1. The van der Waals surface area contributed by atoms with Gasteiger partial charge in [-0.1, -0.05) is 41.4 Å². The molecule has 2 aromatic carbocycles. The third kappa shape index (κ3) is 4.69. The summed E-state index contributed by atoms with van der Waals surface area (Å²) in [6.07, 6.45) is 2.70. The number of benzene rings is 2. The van der Waals surface area contributed by atoms with Gasteiger partial charge in [0.1, 0.15) is 5.69 Å². The van der Waals surface area contributed by atoms with Crippen molar-refractivity contribution in [2.75, 3.05) is 38.1 Å². The SMILES string of the molecule is CN1CCN(c2ccc(CCC(=O)c3[nH]ncc3-c3ccc(Cl)cc3Cl)cc2)CC1. The number of aromatic amines is 1. The number of carbonyl (C=O) groups excluding carboxylic acids is 1. The number of rotatable bonds is 6. The zero-order chi connectivity index (χ0) is 21.1. The lowest BCUT2D eigenvalue weighted by Gasteiger charge is -2.34. The fraction of sp³-hybridized carbons (Fsp3) is 0.304. The lowest BCUT2D eigenvalue weighted by atomic mass is 10.0. The minimum atomic E-state index is 0.0108. The van der Waals surface area contributed by atoms with Gasteiger partial charge in [0.2, 0.25) is 0 Å². The van der Waals surface area contributed by atoms with E-state index in [-0.39, 0.29) is 5.78 Å². The van der Waals surface area contributed by atoms with Crippen LogP contribution in [0.5, 0.6) is 0 Å². The predicted molar refractivity (Wildman–Crippen MR) is 123 cm³/mol. The molecule has 0 unspecified atom stereocenters. The molecule has 0 spiro atoms. The van der Waals surface area contributed by atoms with Crippen LogP contribution in [0.3, 0.4) is 0 Å². The van der Waals surface area contributed by atoms with Gasteiger partial charge < -0.3 is 9.80 Å². The van der Waals surface area contributed by atoms with Gasteiger partial charge in [-0.2, -0.15) is 5.10 Å². The molecule has 7 heteroatoms. The number of aromatic nitrogens is 2. The first-order valence-corrected chi connectivity index (χ1v) is 10.8. The van der Waals surface area contributed by atoms with Crippen molar-refractivity contribution in [1.82, 2.24) is 15.1 Å². The predicted octanol–water partition coefficient (Wildman–Crippen LogP) is 4.95. The van der Waals surface area contributed by atoms with E-state index in [1.54, 1.807) is 18.3 Å². The molecule has 1 fully saturated rings. The summed E-state index contributed by atoms with van der Waals surface area (Å²) in [6, 6.07) is 13.8. The third-order valence-electron chi connectivity index (χ3n) is 5.58. The number of aryl methyl sites for hydroxylation is 1. The molecule has 1 aromatic heterocycles. The molecule has 1 aliphatic heterocycles. The third-order valence-corrected chi connectivity index (χ3v) is 6.13. The molecular formula is C23H24Cl2N4O. The fourth-order valence-corrected chi connectivity index (χ4v) is 4.24. The van der Waals surface area contributed by atoms with Crippen molar-refractivity contribution < 1.29 is 4.79 Å². The minimum absolute atomic E-state index is 0.0108. The number of nitrogens with zero attached hydrogens (tertiary/aromatic N) is 3. The van der Waals surface area contributed by atoms with E-state index in [0.717, 1.165) is 37.3 Å². The maximum Gasteiger partial charge on any atom is 0.181 e. The molecule has 5 nitrogen and oxygen atoms in total. The molecule has 156 valence electrons. The highest BCUT2D eigenvalue weighted by atomic mass is 35.5. The van der Waals surface area contributed by atoms with Crippen molar-refractivity contribution in [2.45, 2.75) is 12.8 Å².